The van der Waals surface area contributed by atoms with Crippen molar-refractivity contribution in [2.24, 2.45) is 5.92 Å². The molecule has 9 nitrogen and oxygen atoms in total. The highest BCUT2D eigenvalue weighted by molar-refractivity contribution is 7.99. The van der Waals surface area contributed by atoms with Crippen molar-refractivity contribution >= 4 is 51.7 Å². The van der Waals surface area contributed by atoms with Crippen molar-refractivity contribution in [1.82, 2.24) is 15.0 Å². The lowest BCUT2D eigenvalue weighted by Gasteiger charge is -2.09. The van der Waals surface area contributed by atoms with Crippen molar-refractivity contribution in [1.29, 1.82) is 0 Å². The third-order valence-electron chi connectivity index (χ3n) is 5.54. The number of amides is 2. The van der Waals surface area contributed by atoms with Gasteiger partial charge in [0.15, 0.2) is 10.3 Å². The lowest BCUT2D eigenvalue weighted by Crippen LogP contribution is -2.19. The first-order chi connectivity index (χ1) is 16.5. The molecule has 0 saturated heterocycles. The number of carbonyl (C=O) groups excluding carboxylic acids is 2. The van der Waals surface area contributed by atoms with Gasteiger partial charge in [0.1, 0.15) is 11.5 Å². The predicted octanol–water partition coefficient (Wildman–Crippen LogP) is 4.85. The van der Waals surface area contributed by atoms with Crippen LogP contribution in [0.2, 0.25) is 0 Å². The fraction of sp³-hybridized carbons (Fsp3) is 0.348. The van der Waals surface area contributed by atoms with Gasteiger partial charge in [-0.25, -0.2) is 19.6 Å². The SMILES string of the molecule is O=C(Nc1ccc(CC(=O)C2CCCC2)cc1)Nc1ncc(CCSc2ncc(C(=O)O)[nH]2)s1. The number of benzene rings is 1. The Morgan fingerprint density at radius 2 is 1.85 bits per heavy atom. The summed E-state index contributed by atoms with van der Waals surface area (Å²) in [4.78, 5) is 47.5. The quantitative estimate of drug-likeness (QED) is 0.293. The standard InChI is InChI=1S/C23H25N5O4S2/c29-19(15-3-1-2-4-15)11-14-5-7-16(8-6-14)26-21(32)28-23-24-12-17(34-23)9-10-33-22-25-13-18(27-22)20(30)31/h5-8,12-13,15H,1-4,9-11H2,(H,25,27)(H,30,31)(H2,24,26,28,32). The molecule has 0 radical (unpaired) electrons. The third kappa shape index (κ3) is 6.67. The maximum absolute atomic E-state index is 12.3. The van der Waals surface area contributed by atoms with Gasteiger partial charge in [-0.15, -0.1) is 11.3 Å². The van der Waals surface area contributed by atoms with Crippen LogP contribution in [0.1, 0.15) is 46.6 Å². The van der Waals surface area contributed by atoms with Crippen LogP contribution in [0.25, 0.3) is 0 Å². The number of carboxylic acids is 1. The van der Waals surface area contributed by atoms with E-state index in [4.69, 9.17) is 5.11 Å². The second kappa shape index (κ2) is 11.3. The number of nitrogens with one attached hydrogen (secondary N) is 3. The van der Waals surface area contributed by atoms with E-state index in [0.29, 0.717) is 40.4 Å². The molecule has 2 heterocycles. The Hall–Kier alpha value is -3.18. The number of ketones is 1. The number of hydrogen-bond acceptors (Lipinski definition) is 7. The summed E-state index contributed by atoms with van der Waals surface area (Å²) in [5.41, 5.74) is 1.66. The highest BCUT2D eigenvalue weighted by atomic mass is 32.2. The van der Waals surface area contributed by atoms with E-state index in [9.17, 15) is 14.4 Å². The molecule has 0 aliphatic heterocycles. The first kappa shape index (κ1) is 24.0. The van der Waals surface area contributed by atoms with Gasteiger partial charge in [0.25, 0.3) is 0 Å². The van der Waals surface area contributed by atoms with Crippen molar-refractivity contribution in [3.8, 4) is 0 Å². The minimum atomic E-state index is -1.04. The van der Waals surface area contributed by atoms with E-state index in [1.807, 2.05) is 12.1 Å². The number of hydrogen-bond donors (Lipinski definition) is 4. The van der Waals surface area contributed by atoms with Crippen molar-refractivity contribution < 1.29 is 19.5 Å². The molecule has 34 heavy (non-hydrogen) atoms. The van der Waals surface area contributed by atoms with Crippen LogP contribution in [-0.2, 0) is 17.6 Å². The summed E-state index contributed by atoms with van der Waals surface area (Å²) in [6.07, 6.45) is 8.46. The minimum absolute atomic E-state index is 0.0602. The number of nitrogens with zero attached hydrogens (tertiary/aromatic N) is 2. The molecule has 0 unspecified atom stereocenters. The number of aromatic carboxylic acids is 1. The number of rotatable bonds is 10. The van der Waals surface area contributed by atoms with Crippen LogP contribution in [0.5, 0.6) is 0 Å². The molecule has 1 aliphatic rings. The Bertz CT molecular complexity index is 1150. The van der Waals surface area contributed by atoms with Crippen LogP contribution in [0.4, 0.5) is 15.6 Å². The molecule has 3 aromatic rings. The number of Topliss-reactive ketones (excluding diaryl/α,β-unsaturated/α-hetero) is 1. The smallest absolute Gasteiger partial charge is 0.353 e. The predicted molar refractivity (Wildman–Crippen MR) is 132 cm³/mol. The van der Waals surface area contributed by atoms with Gasteiger partial charge in [-0.3, -0.25) is 10.1 Å². The number of H-pyrrole nitrogens is 1. The monoisotopic (exact) mass is 499 g/mol. The average molecular weight is 500 g/mol. The van der Waals surface area contributed by atoms with E-state index < -0.39 is 5.97 Å². The van der Waals surface area contributed by atoms with Crippen LogP contribution < -0.4 is 10.6 Å². The molecule has 4 rings (SSSR count). The van der Waals surface area contributed by atoms with Crippen molar-refractivity contribution in [3.63, 3.8) is 0 Å². The number of urea groups is 1. The molecule has 178 valence electrons. The number of aromatic amines is 1. The molecule has 1 aromatic carbocycles. The van der Waals surface area contributed by atoms with Crippen LogP contribution >= 0.6 is 23.1 Å². The van der Waals surface area contributed by atoms with Crippen LogP contribution in [0, 0.1) is 5.92 Å². The number of thiazole rings is 1. The van der Waals surface area contributed by atoms with Gasteiger partial charge in [0, 0.05) is 34.9 Å². The van der Waals surface area contributed by atoms with Gasteiger partial charge in [-0.1, -0.05) is 36.7 Å². The summed E-state index contributed by atoms with van der Waals surface area (Å²) >= 11 is 2.80. The zero-order valence-electron chi connectivity index (χ0n) is 18.4. The molecule has 0 bridgehead atoms. The second-order valence-corrected chi connectivity index (χ2v) is 10.2. The van der Waals surface area contributed by atoms with E-state index in [1.165, 1.54) is 29.3 Å². The van der Waals surface area contributed by atoms with E-state index in [0.717, 1.165) is 36.1 Å². The van der Waals surface area contributed by atoms with Gasteiger partial charge in [0.2, 0.25) is 0 Å². The van der Waals surface area contributed by atoms with Gasteiger partial charge < -0.3 is 15.4 Å². The number of imidazole rings is 1. The number of aryl methyl sites for hydroxylation is 1. The Morgan fingerprint density at radius 3 is 2.56 bits per heavy atom. The van der Waals surface area contributed by atoms with E-state index in [1.54, 1.807) is 18.3 Å². The Morgan fingerprint density at radius 1 is 1.09 bits per heavy atom. The van der Waals surface area contributed by atoms with Crippen molar-refractivity contribution in [2.75, 3.05) is 16.4 Å². The molecule has 4 N–H and O–H groups in total. The summed E-state index contributed by atoms with van der Waals surface area (Å²) in [6.45, 7) is 0. The molecule has 0 spiro atoms. The van der Waals surface area contributed by atoms with Crippen LogP contribution in [0.3, 0.4) is 0 Å². The molecule has 1 fully saturated rings. The third-order valence-corrected chi connectivity index (χ3v) is 7.41. The van der Waals surface area contributed by atoms with Gasteiger partial charge in [-0.2, -0.15) is 0 Å². The van der Waals surface area contributed by atoms with Gasteiger partial charge in [-0.05, 0) is 37.0 Å². The molecule has 1 aliphatic carbocycles. The minimum Gasteiger partial charge on any atom is -0.477 e. The lowest BCUT2D eigenvalue weighted by molar-refractivity contribution is -0.122. The molecule has 2 aromatic heterocycles. The Labute approximate surface area is 204 Å². The zero-order valence-corrected chi connectivity index (χ0v) is 20.0. The molecular weight excluding hydrogens is 474 g/mol. The van der Waals surface area contributed by atoms with Crippen molar-refractivity contribution in [3.05, 3.63) is 52.8 Å². The maximum atomic E-state index is 12.3. The van der Waals surface area contributed by atoms with Gasteiger partial charge in [0.05, 0.1) is 6.20 Å². The summed E-state index contributed by atoms with van der Waals surface area (Å²) in [7, 11) is 0. The molecular formula is C23H25N5O4S2. The average Bonchev–Trinajstić information content (AvgIpc) is 3.57. The molecule has 0 atom stereocenters. The van der Waals surface area contributed by atoms with Crippen LogP contribution in [-0.4, -0.2) is 43.6 Å². The Kier molecular flexibility index (Phi) is 7.96. The highest BCUT2D eigenvalue weighted by Crippen LogP contribution is 2.27. The number of aromatic nitrogens is 3. The number of carboxylic acid groups (broad SMARTS) is 1. The largest absolute Gasteiger partial charge is 0.477 e. The molecule has 1 saturated carbocycles. The van der Waals surface area contributed by atoms with Gasteiger partial charge >= 0.3 is 12.0 Å². The summed E-state index contributed by atoms with van der Waals surface area (Å²) < 4.78 is 0. The number of anilines is 2. The second-order valence-electron chi connectivity index (χ2n) is 8.04. The van der Waals surface area contributed by atoms with Crippen LogP contribution in [0.15, 0.2) is 41.8 Å². The van der Waals surface area contributed by atoms with E-state index in [-0.39, 0.29) is 17.6 Å². The number of carbonyl (C=O) groups is 3. The highest BCUT2D eigenvalue weighted by Gasteiger charge is 2.22. The first-order valence-corrected chi connectivity index (χ1v) is 12.8. The fourth-order valence-corrected chi connectivity index (χ4v) is 5.53. The lowest BCUT2D eigenvalue weighted by atomic mass is 9.96. The van der Waals surface area contributed by atoms with E-state index >= 15 is 0 Å². The summed E-state index contributed by atoms with van der Waals surface area (Å²) in [6, 6.07) is 6.96. The van der Waals surface area contributed by atoms with Crippen molar-refractivity contribution in [2.45, 2.75) is 43.7 Å². The zero-order chi connectivity index (χ0) is 23.9. The number of thioether (sulfide) groups is 1. The first-order valence-electron chi connectivity index (χ1n) is 11.0. The molecule has 11 heteroatoms. The normalized spacial score (nSPS) is 13.6. The fourth-order valence-electron chi connectivity index (χ4n) is 3.77. The molecule has 2 amide bonds. The maximum Gasteiger partial charge on any atom is 0.353 e. The van der Waals surface area contributed by atoms with E-state index in [2.05, 4.69) is 25.6 Å². The summed E-state index contributed by atoms with van der Waals surface area (Å²) in [5.74, 6) is 0.167. The topological polar surface area (TPSA) is 137 Å². The Balaban J connectivity index is 1.20. The summed E-state index contributed by atoms with van der Waals surface area (Å²) in [5, 5.41) is 15.5.